The van der Waals surface area contributed by atoms with Crippen molar-refractivity contribution in [3.63, 3.8) is 0 Å². The molecule has 0 fully saturated rings. The summed E-state index contributed by atoms with van der Waals surface area (Å²) in [6.07, 6.45) is 2.66. The zero-order valence-electron chi connectivity index (χ0n) is 12.4. The molecule has 0 aliphatic carbocycles. The van der Waals surface area contributed by atoms with Crippen LogP contribution in [-0.2, 0) is 16.3 Å². The number of aromatic nitrogens is 1. The molecule has 0 aliphatic heterocycles. The number of nitrogens with zero attached hydrogens (tertiary/aromatic N) is 1. The Kier molecular flexibility index (Phi) is 5.56. The maximum absolute atomic E-state index is 11.9. The van der Waals surface area contributed by atoms with Crippen molar-refractivity contribution >= 4 is 5.97 Å². The molecule has 0 N–H and O–H groups in total. The fourth-order valence-electron chi connectivity index (χ4n) is 1.78. The van der Waals surface area contributed by atoms with E-state index in [1.807, 2.05) is 37.3 Å². The molecular weight excluding hydrogens is 278 g/mol. The lowest BCUT2D eigenvalue weighted by molar-refractivity contribution is -0.147. The number of pyridine rings is 1. The lowest BCUT2D eigenvalue weighted by Gasteiger charge is -2.06. The van der Waals surface area contributed by atoms with Crippen LogP contribution in [0.15, 0.2) is 53.5 Å². The molecule has 0 unspecified atom stereocenters. The Hall–Kier alpha value is -2.80. The minimum absolute atomic E-state index is 0.0654. The summed E-state index contributed by atoms with van der Waals surface area (Å²) in [5, 5.41) is 0. The Morgan fingerprint density at radius 2 is 1.86 bits per heavy atom. The van der Waals surface area contributed by atoms with Gasteiger partial charge in [0, 0.05) is 29.8 Å². The predicted molar refractivity (Wildman–Crippen MR) is 84.1 cm³/mol. The topological polar surface area (TPSA) is 48.3 Å². The molecule has 1 aromatic carbocycles. The number of carbonyl (C=O) groups excluding carboxylic acids is 1. The van der Waals surface area contributed by atoms with Gasteiger partial charge in [0.25, 0.3) is 5.56 Å². The second-order valence-corrected chi connectivity index (χ2v) is 4.73. The van der Waals surface area contributed by atoms with Crippen LogP contribution in [0.1, 0.15) is 30.9 Å². The maximum Gasteiger partial charge on any atom is 0.307 e. The van der Waals surface area contributed by atoms with Gasteiger partial charge in [0.15, 0.2) is 6.73 Å². The molecule has 1 aromatic heterocycles. The first kappa shape index (κ1) is 15.6. The fourth-order valence-corrected chi connectivity index (χ4v) is 1.78. The van der Waals surface area contributed by atoms with Crippen molar-refractivity contribution in [1.82, 2.24) is 4.57 Å². The zero-order valence-corrected chi connectivity index (χ0v) is 12.4. The molecule has 1 heterocycles. The highest BCUT2D eigenvalue weighted by atomic mass is 16.5. The lowest BCUT2D eigenvalue weighted by Crippen LogP contribution is -2.21. The Bertz CT molecular complexity index is 751. The Morgan fingerprint density at radius 3 is 2.55 bits per heavy atom. The van der Waals surface area contributed by atoms with Gasteiger partial charge in [-0.15, -0.1) is 0 Å². The van der Waals surface area contributed by atoms with E-state index in [-0.39, 0.29) is 18.3 Å². The summed E-state index contributed by atoms with van der Waals surface area (Å²) in [5.74, 6) is 5.63. The monoisotopic (exact) mass is 295 g/mol. The number of esters is 1. The third kappa shape index (κ3) is 4.64. The number of carbonyl (C=O) groups is 1. The highest BCUT2D eigenvalue weighted by Crippen LogP contribution is 1.98. The summed E-state index contributed by atoms with van der Waals surface area (Å²) in [7, 11) is 0. The van der Waals surface area contributed by atoms with Crippen LogP contribution >= 0.6 is 0 Å². The highest BCUT2D eigenvalue weighted by molar-refractivity contribution is 5.68. The molecule has 0 saturated heterocycles. The zero-order chi connectivity index (χ0) is 15.8. The van der Waals surface area contributed by atoms with Crippen molar-refractivity contribution in [3.05, 3.63) is 70.1 Å². The third-order valence-electron chi connectivity index (χ3n) is 2.94. The van der Waals surface area contributed by atoms with E-state index in [9.17, 15) is 9.59 Å². The second-order valence-electron chi connectivity index (χ2n) is 4.73. The van der Waals surface area contributed by atoms with E-state index >= 15 is 0 Å². The normalized spacial score (nSPS) is 9.68. The van der Waals surface area contributed by atoms with Gasteiger partial charge in [-0.3, -0.25) is 14.2 Å². The van der Waals surface area contributed by atoms with E-state index in [2.05, 4.69) is 11.8 Å². The largest absolute Gasteiger partial charge is 0.444 e. The number of rotatable bonds is 4. The first-order valence-electron chi connectivity index (χ1n) is 7.12. The predicted octanol–water partition coefficient (Wildman–Crippen LogP) is 2.55. The van der Waals surface area contributed by atoms with Gasteiger partial charge in [0.2, 0.25) is 0 Å². The Labute approximate surface area is 129 Å². The molecule has 112 valence electrons. The second kappa shape index (κ2) is 7.84. The third-order valence-corrected chi connectivity index (χ3v) is 2.94. The van der Waals surface area contributed by atoms with Gasteiger partial charge >= 0.3 is 5.97 Å². The number of hydrogen-bond acceptors (Lipinski definition) is 3. The molecule has 22 heavy (non-hydrogen) atoms. The van der Waals surface area contributed by atoms with Gasteiger partial charge in [0.1, 0.15) is 0 Å². The summed E-state index contributed by atoms with van der Waals surface area (Å²) in [6, 6.07) is 12.7. The van der Waals surface area contributed by atoms with E-state index < -0.39 is 0 Å². The van der Waals surface area contributed by atoms with Crippen molar-refractivity contribution in [2.75, 3.05) is 0 Å². The van der Waals surface area contributed by atoms with Crippen molar-refractivity contribution in [2.24, 2.45) is 0 Å². The Balaban J connectivity index is 2.06. The molecule has 0 amide bonds. The molecule has 0 saturated carbocycles. The summed E-state index contributed by atoms with van der Waals surface area (Å²) in [5.41, 5.74) is 1.27. The molecule has 0 aliphatic rings. The number of benzene rings is 1. The van der Waals surface area contributed by atoms with Crippen LogP contribution in [0.3, 0.4) is 0 Å². The summed E-state index contributed by atoms with van der Waals surface area (Å²) < 4.78 is 6.34. The molecule has 2 aromatic rings. The average Bonchev–Trinajstić information content (AvgIpc) is 2.53. The SMILES string of the molecule is CCCC(=O)OCn1ccc(C#Cc2ccccc2)cc1=O. The smallest absolute Gasteiger partial charge is 0.307 e. The quantitative estimate of drug-likeness (QED) is 0.643. The first-order chi connectivity index (χ1) is 10.7. The highest BCUT2D eigenvalue weighted by Gasteiger charge is 2.02. The van der Waals surface area contributed by atoms with Gasteiger partial charge in [0.05, 0.1) is 0 Å². The summed E-state index contributed by atoms with van der Waals surface area (Å²) >= 11 is 0. The maximum atomic E-state index is 11.9. The van der Waals surface area contributed by atoms with Crippen molar-refractivity contribution < 1.29 is 9.53 Å². The molecule has 0 atom stereocenters. The van der Waals surface area contributed by atoms with Crippen molar-refractivity contribution in [3.8, 4) is 11.8 Å². The summed E-state index contributed by atoms with van der Waals surface area (Å²) in [6.45, 7) is 1.83. The Morgan fingerprint density at radius 1 is 1.14 bits per heavy atom. The fraction of sp³-hybridized carbons (Fsp3) is 0.222. The van der Waals surface area contributed by atoms with Crippen LogP contribution in [-0.4, -0.2) is 10.5 Å². The molecule has 4 heteroatoms. The average molecular weight is 295 g/mol. The van der Waals surface area contributed by atoms with Crippen molar-refractivity contribution in [1.29, 1.82) is 0 Å². The lowest BCUT2D eigenvalue weighted by atomic mass is 10.2. The molecule has 0 radical (unpaired) electrons. The van der Waals surface area contributed by atoms with Crippen LogP contribution in [0, 0.1) is 11.8 Å². The van der Waals surface area contributed by atoms with Gasteiger partial charge in [-0.25, -0.2) is 0 Å². The van der Waals surface area contributed by atoms with Crippen LogP contribution in [0.2, 0.25) is 0 Å². The molecular formula is C18H17NO3. The number of ether oxygens (including phenoxy) is 1. The number of hydrogen-bond donors (Lipinski definition) is 0. The van der Waals surface area contributed by atoms with Crippen LogP contribution in [0.4, 0.5) is 0 Å². The van der Waals surface area contributed by atoms with Gasteiger partial charge in [-0.2, -0.15) is 0 Å². The van der Waals surface area contributed by atoms with Crippen molar-refractivity contribution in [2.45, 2.75) is 26.5 Å². The van der Waals surface area contributed by atoms with Crippen LogP contribution in [0.25, 0.3) is 0 Å². The van der Waals surface area contributed by atoms with E-state index in [0.717, 1.165) is 12.0 Å². The van der Waals surface area contributed by atoms with E-state index in [4.69, 9.17) is 4.74 Å². The van der Waals surface area contributed by atoms with Gasteiger partial charge < -0.3 is 4.74 Å². The summed E-state index contributed by atoms with van der Waals surface area (Å²) in [4.78, 5) is 23.2. The molecule has 0 bridgehead atoms. The van der Waals surface area contributed by atoms with Gasteiger partial charge in [-0.05, 0) is 24.6 Å². The molecule has 0 spiro atoms. The van der Waals surface area contributed by atoms with E-state index in [0.29, 0.717) is 12.0 Å². The van der Waals surface area contributed by atoms with E-state index in [1.54, 1.807) is 12.3 Å². The van der Waals surface area contributed by atoms with Gasteiger partial charge in [-0.1, -0.05) is 37.0 Å². The standard InChI is InChI=1S/C18H17NO3/c1-2-6-18(21)22-14-19-12-11-16(13-17(19)20)10-9-15-7-4-3-5-8-15/h3-5,7-8,11-13H,2,6,14H2,1H3. The minimum atomic E-state index is -0.303. The molecule has 4 nitrogen and oxygen atoms in total. The van der Waals surface area contributed by atoms with Crippen LogP contribution < -0.4 is 5.56 Å². The molecule has 2 rings (SSSR count). The minimum Gasteiger partial charge on any atom is -0.444 e. The van der Waals surface area contributed by atoms with Crippen LogP contribution in [0.5, 0.6) is 0 Å². The first-order valence-corrected chi connectivity index (χ1v) is 7.12. The van der Waals surface area contributed by atoms with E-state index in [1.165, 1.54) is 10.6 Å².